The van der Waals surface area contributed by atoms with Gasteiger partial charge >= 0.3 is 0 Å². The summed E-state index contributed by atoms with van der Waals surface area (Å²) in [4.78, 5) is 11.3. The molecule has 0 aliphatic carbocycles. The zero-order valence-corrected chi connectivity index (χ0v) is 10.1. The van der Waals surface area contributed by atoms with Crippen molar-refractivity contribution in [2.45, 2.75) is 47.5 Å². The number of rotatable bonds is 5. The van der Waals surface area contributed by atoms with Crippen molar-refractivity contribution in [1.82, 2.24) is 0 Å². The predicted molar refractivity (Wildman–Crippen MR) is 61.2 cm³/mol. The Kier molecular flexibility index (Phi) is 6.23. The first-order chi connectivity index (χ1) is 6.43. The van der Waals surface area contributed by atoms with E-state index in [2.05, 4.69) is 25.7 Å². The van der Waals surface area contributed by atoms with Gasteiger partial charge in [0.1, 0.15) is 5.78 Å². The van der Waals surface area contributed by atoms with E-state index in [1.165, 1.54) is 5.57 Å². The van der Waals surface area contributed by atoms with Crippen LogP contribution in [-0.4, -0.2) is 5.78 Å². The van der Waals surface area contributed by atoms with E-state index >= 15 is 0 Å². The molecular formula is C13H22O. The van der Waals surface area contributed by atoms with E-state index in [1.54, 1.807) is 0 Å². The third kappa shape index (κ3) is 6.68. The fourth-order valence-corrected chi connectivity index (χ4v) is 0.980. The molecule has 0 aromatic rings. The molecule has 0 aromatic carbocycles. The summed E-state index contributed by atoms with van der Waals surface area (Å²) in [5.74, 6) is 1.04. The molecule has 0 unspecified atom stereocenters. The van der Waals surface area contributed by atoms with Crippen LogP contribution >= 0.6 is 0 Å². The molecule has 0 heterocycles. The second-order valence-corrected chi connectivity index (χ2v) is 4.46. The summed E-state index contributed by atoms with van der Waals surface area (Å²) in [5, 5.41) is 0. The number of Topliss-reactive ketones (excluding diaryl/α,β-unsaturated/α-hetero) is 1. The molecule has 1 heteroatoms. The number of carbonyl (C=O) groups is 1. The number of hydrogen-bond donors (Lipinski definition) is 0. The van der Waals surface area contributed by atoms with Gasteiger partial charge in [-0.3, -0.25) is 4.79 Å². The summed E-state index contributed by atoms with van der Waals surface area (Å²) < 4.78 is 0. The molecule has 0 aliphatic heterocycles. The van der Waals surface area contributed by atoms with Crippen molar-refractivity contribution in [3.63, 3.8) is 0 Å². The normalized spacial score (nSPS) is 10.2. The Labute approximate surface area is 87.9 Å². The predicted octanol–water partition coefficient (Wildman–Crippen LogP) is 3.75. The van der Waals surface area contributed by atoms with Crippen molar-refractivity contribution < 1.29 is 4.79 Å². The van der Waals surface area contributed by atoms with Crippen molar-refractivity contribution in [2.75, 3.05) is 0 Å². The molecule has 0 aromatic heterocycles. The van der Waals surface area contributed by atoms with E-state index in [4.69, 9.17) is 0 Å². The fourth-order valence-electron chi connectivity index (χ4n) is 0.980. The second kappa shape index (κ2) is 6.62. The Balaban J connectivity index is 4.03. The first kappa shape index (κ1) is 13.2. The van der Waals surface area contributed by atoms with E-state index in [1.807, 2.05) is 20.8 Å². The van der Waals surface area contributed by atoms with E-state index in [0.29, 0.717) is 18.1 Å². The maximum Gasteiger partial charge on any atom is 0.135 e. The molecule has 0 aliphatic rings. The van der Waals surface area contributed by atoms with E-state index in [-0.39, 0.29) is 5.92 Å². The molecule has 0 N–H and O–H groups in total. The highest BCUT2D eigenvalue weighted by atomic mass is 16.1. The minimum atomic E-state index is 0.164. The maximum atomic E-state index is 11.3. The summed E-state index contributed by atoms with van der Waals surface area (Å²) in [6, 6.07) is 0. The van der Waals surface area contributed by atoms with Crippen LogP contribution in [0.5, 0.6) is 0 Å². The van der Waals surface area contributed by atoms with Gasteiger partial charge in [0.2, 0.25) is 0 Å². The molecule has 1 nitrogen and oxygen atoms in total. The Morgan fingerprint density at radius 2 is 1.79 bits per heavy atom. The van der Waals surface area contributed by atoms with E-state index < -0.39 is 0 Å². The Bertz CT molecular complexity index is 240. The zero-order chi connectivity index (χ0) is 11.1. The molecule has 0 saturated heterocycles. The highest BCUT2D eigenvalue weighted by Gasteiger charge is 2.06. The van der Waals surface area contributed by atoms with Gasteiger partial charge in [-0.15, -0.1) is 5.73 Å². The van der Waals surface area contributed by atoms with Crippen molar-refractivity contribution in [1.29, 1.82) is 0 Å². The largest absolute Gasteiger partial charge is 0.299 e. The summed E-state index contributed by atoms with van der Waals surface area (Å²) in [7, 11) is 0. The lowest BCUT2D eigenvalue weighted by atomic mass is 10.0. The van der Waals surface area contributed by atoms with Gasteiger partial charge in [0.15, 0.2) is 0 Å². The fraction of sp³-hybridized carbons (Fsp3) is 0.692. The third-order valence-electron chi connectivity index (χ3n) is 2.05. The molecule has 0 spiro atoms. The third-order valence-corrected chi connectivity index (χ3v) is 2.05. The molecular weight excluding hydrogens is 172 g/mol. The Morgan fingerprint density at radius 3 is 2.21 bits per heavy atom. The van der Waals surface area contributed by atoms with Crippen LogP contribution in [0.1, 0.15) is 47.5 Å². The molecule has 0 atom stereocenters. The number of allylic oxidation sites excluding steroid dienone is 1. The van der Waals surface area contributed by atoms with Gasteiger partial charge in [0.25, 0.3) is 0 Å². The molecule has 0 bridgehead atoms. The van der Waals surface area contributed by atoms with Crippen LogP contribution in [0.15, 0.2) is 17.4 Å². The first-order valence-electron chi connectivity index (χ1n) is 5.38. The lowest BCUT2D eigenvalue weighted by molar-refractivity contribution is -0.121. The van der Waals surface area contributed by atoms with E-state index in [0.717, 1.165) is 6.42 Å². The van der Waals surface area contributed by atoms with Crippen LogP contribution in [-0.2, 0) is 4.79 Å². The van der Waals surface area contributed by atoms with Crippen molar-refractivity contribution >= 4 is 5.78 Å². The summed E-state index contributed by atoms with van der Waals surface area (Å²) in [5.41, 5.74) is 4.39. The zero-order valence-electron chi connectivity index (χ0n) is 10.1. The van der Waals surface area contributed by atoms with Gasteiger partial charge in [-0.1, -0.05) is 27.7 Å². The smallest absolute Gasteiger partial charge is 0.135 e. The van der Waals surface area contributed by atoms with Gasteiger partial charge in [-0.05, 0) is 30.9 Å². The van der Waals surface area contributed by atoms with Crippen molar-refractivity contribution in [2.24, 2.45) is 11.8 Å². The average molecular weight is 194 g/mol. The summed E-state index contributed by atoms with van der Waals surface area (Å²) in [6.07, 6.45) is 3.55. The molecule has 0 saturated carbocycles. The SMILES string of the molecule is CC(=C=CC(C)C)CCC(=O)C(C)C. The van der Waals surface area contributed by atoms with Crippen LogP contribution < -0.4 is 0 Å². The van der Waals surface area contributed by atoms with Gasteiger partial charge in [0.05, 0.1) is 0 Å². The van der Waals surface area contributed by atoms with Crippen LogP contribution in [0.4, 0.5) is 0 Å². The van der Waals surface area contributed by atoms with Crippen LogP contribution in [0, 0.1) is 11.8 Å². The summed E-state index contributed by atoms with van der Waals surface area (Å²) in [6.45, 7) is 10.2. The lowest BCUT2D eigenvalue weighted by Gasteiger charge is -2.02. The van der Waals surface area contributed by atoms with Crippen molar-refractivity contribution in [3.05, 3.63) is 17.4 Å². The van der Waals surface area contributed by atoms with Gasteiger partial charge in [0, 0.05) is 12.3 Å². The van der Waals surface area contributed by atoms with Crippen LogP contribution in [0.25, 0.3) is 0 Å². The molecule has 80 valence electrons. The maximum absolute atomic E-state index is 11.3. The van der Waals surface area contributed by atoms with Gasteiger partial charge in [-0.2, -0.15) is 0 Å². The van der Waals surface area contributed by atoms with Gasteiger partial charge in [-0.25, -0.2) is 0 Å². The molecule has 0 rings (SSSR count). The summed E-state index contributed by atoms with van der Waals surface area (Å²) >= 11 is 0. The molecule has 0 radical (unpaired) electrons. The molecule has 0 fully saturated rings. The molecule has 14 heavy (non-hydrogen) atoms. The minimum Gasteiger partial charge on any atom is -0.299 e. The lowest BCUT2D eigenvalue weighted by Crippen LogP contribution is -2.06. The highest BCUT2D eigenvalue weighted by Crippen LogP contribution is 2.08. The Morgan fingerprint density at radius 1 is 1.21 bits per heavy atom. The first-order valence-corrected chi connectivity index (χ1v) is 5.38. The van der Waals surface area contributed by atoms with Crippen molar-refractivity contribution in [3.8, 4) is 0 Å². The number of hydrogen-bond acceptors (Lipinski definition) is 1. The standard InChI is InChI=1S/C13H22O/c1-10(2)6-7-12(5)8-9-13(14)11(3)4/h6,10-11H,8-9H2,1-5H3. The number of carbonyl (C=O) groups excluding carboxylic acids is 1. The highest BCUT2D eigenvalue weighted by molar-refractivity contribution is 5.80. The monoisotopic (exact) mass is 194 g/mol. The minimum absolute atomic E-state index is 0.164. The molecule has 0 amide bonds. The van der Waals surface area contributed by atoms with Gasteiger partial charge < -0.3 is 0 Å². The van der Waals surface area contributed by atoms with Crippen LogP contribution in [0.3, 0.4) is 0 Å². The number of ketones is 1. The average Bonchev–Trinajstić information content (AvgIpc) is 2.10. The quantitative estimate of drug-likeness (QED) is 0.609. The second-order valence-electron chi connectivity index (χ2n) is 4.46. The topological polar surface area (TPSA) is 17.1 Å². The van der Waals surface area contributed by atoms with E-state index in [9.17, 15) is 4.79 Å². The van der Waals surface area contributed by atoms with Crippen LogP contribution in [0.2, 0.25) is 0 Å². The Hall–Kier alpha value is -0.810.